The molecule has 0 radical (unpaired) electrons. The van der Waals surface area contributed by atoms with E-state index in [2.05, 4.69) is 42.5 Å². The lowest BCUT2D eigenvalue weighted by molar-refractivity contribution is 1.08. The molecule has 4 heteroatoms. The predicted molar refractivity (Wildman–Crippen MR) is 144 cm³/mol. The Labute approximate surface area is 208 Å². The van der Waals surface area contributed by atoms with Crippen LogP contribution in [0.4, 0.5) is 0 Å². The largest absolute Gasteiger partial charge is 0.208 e. The summed E-state index contributed by atoms with van der Waals surface area (Å²) in [5, 5.41) is 2.94. The van der Waals surface area contributed by atoms with Gasteiger partial charge in [-0.1, -0.05) is 115 Å². The van der Waals surface area contributed by atoms with Crippen molar-refractivity contribution in [1.82, 2.24) is 15.0 Å². The summed E-state index contributed by atoms with van der Waals surface area (Å²) in [4.78, 5) is 14.7. The highest BCUT2D eigenvalue weighted by atomic mass is 35.5. The molecule has 0 atom stereocenters. The molecule has 0 aliphatic heterocycles. The van der Waals surface area contributed by atoms with Gasteiger partial charge in [0.2, 0.25) is 0 Å². The molecule has 0 saturated carbocycles. The molecule has 0 spiro atoms. The van der Waals surface area contributed by atoms with Crippen LogP contribution in [0.5, 0.6) is 0 Å². The molecule has 0 unspecified atom stereocenters. The molecule has 0 aliphatic carbocycles. The Balaban J connectivity index is 1.58. The smallest absolute Gasteiger partial charge is 0.164 e. The molecule has 1 aromatic heterocycles. The Bertz CT molecular complexity index is 1640. The monoisotopic (exact) mass is 469 g/mol. The molecule has 6 aromatic rings. The minimum absolute atomic E-state index is 0.607. The maximum atomic E-state index is 6.58. The lowest BCUT2D eigenvalue weighted by Gasteiger charge is -2.11. The first kappa shape index (κ1) is 21.2. The summed E-state index contributed by atoms with van der Waals surface area (Å²) in [6.45, 7) is 0. The van der Waals surface area contributed by atoms with Crippen LogP contribution in [0.2, 0.25) is 5.02 Å². The van der Waals surface area contributed by atoms with E-state index in [0.29, 0.717) is 22.5 Å². The van der Waals surface area contributed by atoms with E-state index in [0.717, 1.165) is 38.6 Å². The van der Waals surface area contributed by atoms with Crippen LogP contribution >= 0.6 is 11.6 Å². The van der Waals surface area contributed by atoms with Crippen LogP contribution in [0, 0.1) is 0 Å². The Hall–Kier alpha value is -4.34. The Morgan fingerprint density at radius 3 is 1.80 bits per heavy atom. The normalized spacial score (nSPS) is 11.0. The SMILES string of the molecule is Clc1ccc(-c2nc(-c3ccccc3)nc(-c3cccc4ccccc34)n2)cc1-c1ccccc1. The summed E-state index contributed by atoms with van der Waals surface area (Å²) in [6.07, 6.45) is 0. The number of hydrogen-bond acceptors (Lipinski definition) is 3. The molecule has 3 nitrogen and oxygen atoms in total. The van der Waals surface area contributed by atoms with Crippen molar-refractivity contribution in [1.29, 1.82) is 0 Å². The van der Waals surface area contributed by atoms with Crippen molar-refractivity contribution in [2.75, 3.05) is 0 Å². The molecule has 0 fully saturated rings. The average molecular weight is 470 g/mol. The molecule has 1 heterocycles. The van der Waals surface area contributed by atoms with Crippen molar-refractivity contribution >= 4 is 22.4 Å². The average Bonchev–Trinajstić information content (AvgIpc) is 2.94. The van der Waals surface area contributed by atoms with Crippen LogP contribution in [0.1, 0.15) is 0 Å². The number of hydrogen-bond donors (Lipinski definition) is 0. The van der Waals surface area contributed by atoms with E-state index in [1.165, 1.54) is 0 Å². The van der Waals surface area contributed by atoms with Gasteiger partial charge < -0.3 is 0 Å². The molecular weight excluding hydrogens is 450 g/mol. The van der Waals surface area contributed by atoms with Crippen molar-refractivity contribution in [3.05, 3.63) is 126 Å². The van der Waals surface area contributed by atoms with Crippen LogP contribution in [0.25, 0.3) is 56.1 Å². The van der Waals surface area contributed by atoms with Crippen molar-refractivity contribution in [3.63, 3.8) is 0 Å². The number of aromatic nitrogens is 3. The second-order valence-electron chi connectivity index (χ2n) is 8.26. The van der Waals surface area contributed by atoms with Gasteiger partial charge in [0.25, 0.3) is 0 Å². The molecule has 0 bridgehead atoms. The third kappa shape index (κ3) is 4.18. The number of halogens is 1. The summed E-state index contributed by atoms with van der Waals surface area (Å²) in [7, 11) is 0. The Morgan fingerprint density at radius 2 is 1.03 bits per heavy atom. The van der Waals surface area contributed by atoms with Gasteiger partial charge in [-0.15, -0.1) is 0 Å². The number of nitrogens with zero attached hydrogens (tertiary/aromatic N) is 3. The van der Waals surface area contributed by atoms with E-state index < -0.39 is 0 Å². The van der Waals surface area contributed by atoms with Crippen LogP contribution in [-0.4, -0.2) is 15.0 Å². The van der Waals surface area contributed by atoms with E-state index in [-0.39, 0.29) is 0 Å². The van der Waals surface area contributed by atoms with E-state index in [9.17, 15) is 0 Å². The van der Waals surface area contributed by atoms with Gasteiger partial charge >= 0.3 is 0 Å². The third-order valence-corrected chi connectivity index (χ3v) is 6.34. The molecule has 0 amide bonds. The zero-order valence-electron chi connectivity index (χ0n) is 18.8. The molecule has 0 aliphatic rings. The molecule has 166 valence electrons. The van der Waals surface area contributed by atoms with E-state index in [4.69, 9.17) is 26.6 Å². The van der Waals surface area contributed by atoms with Crippen LogP contribution in [0.3, 0.4) is 0 Å². The summed E-state index contributed by atoms with van der Waals surface area (Å²) in [5.41, 5.74) is 4.79. The predicted octanol–water partition coefficient (Wildman–Crippen LogP) is 8.35. The highest BCUT2D eigenvalue weighted by Gasteiger charge is 2.15. The molecular formula is C31H20ClN3. The fraction of sp³-hybridized carbons (Fsp3) is 0. The fourth-order valence-electron chi connectivity index (χ4n) is 4.27. The van der Waals surface area contributed by atoms with Gasteiger partial charge in [0, 0.05) is 27.3 Å². The molecule has 6 rings (SSSR count). The fourth-order valence-corrected chi connectivity index (χ4v) is 4.49. The zero-order chi connectivity index (χ0) is 23.6. The standard InChI is InChI=1S/C31H20ClN3/c32-28-19-18-24(20-27(28)22-10-3-1-4-11-22)30-33-29(23-13-5-2-6-14-23)34-31(35-30)26-17-9-15-21-12-7-8-16-25(21)26/h1-20H. The van der Waals surface area contributed by atoms with Crippen molar-refractivity contribution in [2.45, 2.75) is 0 Å². The van der Waals surface area contributed by atoms with Gasteiger partial charge in [-0.2, -0.15) is 0 Å². The second kappa shape index (κ2) is 9.13. The van der Waals surface area contributed by atoms with Gasteiger partial charge in [0.15, 0.2) is 17.5 Å². The summed E-state index contributed by atoms with van der Waals surface area (Å²) in [6, 6.07) is 40.5. The summed E-state index contributed by atoms with van der Waals surface area (Å²) >= 11 is 6.58. The highest BCUT2D eigenvalue weighted by Crippen LogP contribution is 2.33. The van der Waals surface area contributed by atoms with Gasteiger partial charge in [0.1, 0.15) is 0 Å². The molecule has 0 N–H and O–H groups in total. The van der Waals surface area contributed by atoms with E-state index in [1.807, 2.05) is 78.9 Å². The van der Waals surface area contributed by atoms with Crippen LogP contribution in [0.15, 0.2) is 121 Å². The van der Waals surface area contributed by atoms with Crippen molar-refractivity contribution < 1.29 is 0 Å². The van der Waals surface area contributed by atoms with Gasteiger partial charge in [-0.05, 0) is 34.5 Å². The highest BCUT2D eigenvalue weighted by molar-refractivity contribution is 6.33. The molecule has 0 saturated heterocycles. The zero-order valence-corrected chi connectivity index (χ0v) is 19.5. The second-order valence-corrected chi connectivity index (χ2v) is 8.67. The first-order valence-corrected chi connectivity index (χ1v) is 11.8. The third-order valence-electron chi connectivity index (χ3n) is 6.01. The van der Waals surface area contributed by atoms with Crippen LogP contribution in [-0.2, 0) is 0 Å². The first-order chi connectivity index (χ1) is 17.3. The summed E-state index contributed by atoms with van der Waals surface area (Å²) in [5.74, 6) is 1.88. The Kier molecular flexibility index (Phi) is 5.53. The number of rotatable bonds is 4. The van der Waals surface area contributed by atoms with Crippen molar-refractivity contribution in [2.24, 2.45) is 0 Å². The topological polar surface area (TPSA) is 38.7 Å². The molecule has 35 heavy (non-hydrogen) atoms. The molecule has 5 aromatic carbocycles. The minimum Gasteiger partial charge on any atom is -0.208 e. The lowest BCUT2D eigenvalue weighted by atomic mass is 10.0. The quantitative estimate of drug-likeness (QED) is 0.260. The van der Waals surface area contributed by atoms with Gasteiger partial charge in [-0.25, -0.2) is 15.0 Å². The van der Waals surface area contributed by atoms with E-state index in [1.54, 1.807) is 0 Å². The lowest BCUT2D eigenvalue weighted by Crippen LogP contribution is -2.00. The maximum absolute atomic E-state index is 6.58. The Morgan fingerprint density at radius 1 is 0.429 bits per heavy atom. The maximum Gasteiger partial charge on any atom is 0.164 e. The van der Waals surface area contributed by atoms with Gasteiger partial charge in [0.05, 0.1) is 0 Å². The summed E-state index contributed by atoms with van der Waals surface area (Å²) < 4.78 is 0. The minimum atomic E-state index is 0.607. The number of benzene rings is 5. The number of fused-ring (bicyclic) bond motifs is 1. The van der Waals surface area contributed by atoms with E-state index >= 15 is 0 Å². The van der Waals surface area contributed by atoms with Crippen LogP contribution < -0.4 is 0 Å². The van der Waals surface area contributed by atoms with Gasteiger partial charge in [-0.3, -0.25) is 0 Å². The first-order valence-electron chi connectivity index (χ1n) is 11.4. The van der Waals surface area contributed by atoms with Crippen molar-refractivity contribution in [3.8, 4) is 45.3 Å².